The first-order valence-corrected chi connectivity index (χ1v) is 5.63. The summed E-state index contributed by atoms with van der Waals surface area (Å²) in [6.45, 7) is 2.21. The fraction of sp³-hybridized carbons (Fsp3) is 0.182. The van der Waals surface area contributed by atoms with Gasteiger partial charge in [-0.25, -0.2) is 13.8 Å². The molecule has 0 saturated heterocycles. The van der Waals surface area contributed by atoms with E-state index in [0.29, 0.717) is 6.54 Å². The second-order valence-electron chi connectivity index (χ2n) is 3.31. The molecule has 0 atom stereocenters. The lowest BCUT2D eigenvalue weighted by molar-refractivity contribution is 0.588. The number of anilines is 1. The number of hydrogen-bond acceptors (Lipinski definition) is 3. The minimum atomic E-state index is -0.591. The molecule has 0 bridgehead atoms. The SMILES string of the molecule is Cc1nc(CNc2c(F)cccc2F)cs1. The minimum absolute atomic E-state index is 0.104. The van der Waals surface area contributed by atoms with Crippen molar-refractivity contribution in [3.63, 3.8) is 0 Å². The fourth-order valence-corrected chi connectivity index (χ4v) is 1.95. The highest BCUT2D eigenvalue weighted by atomic mass is 32.1. The van der Waals surface area contributed by atoms with Gasteiger partial charge in [-0.15, -0.1) is 11.3 Å². The Kier molecular flexibility index (Phi) is 3.14. The van der Waals surface area contributed by atoms with E-state index in [9.17, 15) is 8.78 Å². The number of aromatic nitrogens is 1. The monoisotopic (exact) mass is 240 g/mol. The molecule has 1 heterocycles. The summed E-state index contributed by atoms with van der Waals surface area (Å²) < 4.78 is 26.5. The minimum Gasteiger partial charge on any atom is -0.375 e. The molecular formula is C11H10F2N2S. The Morgan fingerprint density at radius 1 is 1.31 bits per heavy atom. The zero-order valence-electron chi connectivity index (χ0n) is 8.63. The lowest BCUT2D eigenvalue weighted by Crippen LogP contribution is -2.03. The van der Waals surface area contributed by atoms with Crippen LogP contribution in [0.1, 0.15) is 10.7 Å². The smallest absolute Gasteiger partial charge is 0.149 e. The lowest BCUT2D eigenvalue weighted by atomic mass is 10.3. The quantitative estimate of drug-likeness (QED) is 0.890. The van der Waals surface area contributed by atoms with Crippen molar-refractivity contribution in [1.29, 1.82) is 0 Å². The average Bonchev–Trinajstić information content (AvgIpc) is 2.63. The number of benzene rings is 1. The van der Waals surface area contributed by atoms with Gasteiger partial charge in [-0.05, 0) is 19.1 Å². The predicted molar refractivity (Wildman–Crippen MR) is 60.5 cm³/mol. The molecule has 0 radical (unpaired) electrons. The van der Waals surface area contributed by atoms with Gasteiger partial charge in [0.1, 0.15) is 17.3 Å². The molecule has 2 aromatic rings. The van der Waals surface area contributed by atoms with Crippen molar-refractivity contribution in [1.82, 2.24) is 4.98 Å². The molecule has 0 aliphatic carbocycles. The number of rotatable bonds is 3. The van der Waals surface area contributed by atoms with Crippen LogP contribution >= 0.6 is 11.3 Å². The molecule has 1 aromatic carbocycles. The molecule has 84 valence electrons. The van der Waals surface area contributed by atoms with E-state index in [1.807, 2.05) is 12.3 Å². The van der Waals surface area contributed by atoms with Crippen LogP contribution in [-0.4, -0.2) is 4.98 Å². The van der Waals surface area contributed by atoms with Crippen LogP contribution in [0.25, 0.3) is 0 Å². The van der Waals surface area contributed by atoms with Gasteiger partial charge < -0.3 is 5.32 Å². The lowest BCUT2D eigenvalue weighted by Gasteiger charge is -2.06. The molecule has 0 aliphatic heterocycles. The van der Waals surface area contributed by atoms with E-state index in [1.165, 1.54) is 29.5 Å². The number of aryl methyl sites for hydroxylation is 1. The normalized spacial score (nSPS) is 10.4. The Balaban J connectivity index is 2.10. The van der Waals surface area contributed by atoms with Crippen LogP contribution < -0.4 is 5.32 Å². The van der Waals surface area contributed by atoms with E-state index >= 15 is 0 Å². The standard InChI is InChI=1S/C11H10F2N2S/c1-7-15-8(6-16-7)5-14-11-9(12)3-2-4-10(11)13/h2-4,6,14H,5H2,1H3. The third-order valence-electron chi connectivity index (χ3n) is 2.08. The van der Waals surface area contributed by atoms with Crippen LogP contribution in [0.15, 0.2) is 23.6 Å². The first-order valence-electron chi connectivity index (χ1n) is 4.75. The maximum atomic E-state index is 13.2. The Morgan fingerprint density at radius 3 is 2.56 bits per heavy atom. The molecule has 0 amide bonds. The zero-order chi connectivity index (χ0) is 11.5. The van der Waals surface area contributed by atoms with Gasteiger partial charge in [0.15, 0.2) is 0 Å². The van der Waals surface area contributed by atoms with Crippen LogP contribution in [0.4, 0.5) is 14.5 Å². The Morgan fingerprint density at radius 2 is 2.00 bits per heavy atom. The summed E-state index contributed by atoms with van der Waals surface area (Å²) in [5, 5.41) is 5.50. The Labute approximate surface area is 96.0 Å². The Hall–Kier alpha value is -1.49. The summed E-state index contributed by atoms with van der Waals surface area (Å²) in [5.74, 6) is -1.18. The van der Waals surface area contributed by atoms with Gasteiger partial charge in [-0.2, -0.15) is 0 Å². The van der Waals surface area contributed by atoms with E-state index in [-0.39, 0.29) is 5.69 Å². The second-order valence-corrected chi connectivity index (χ2v) is 4.37. The molecule has 0 saturated carbocycles. The van der Waals surface area contributed by atoms with E-state index in [1.54, 1.807) is 0 Å². The van der Waals surface area contributed by atoms with E-state index in [0.717, 1.165) is 10.7 Å². The highest BCUT2D eigenvalue weighted by Gasteiger charge is 2.08. The number of hydrogen-bond donors (Lipinski definition) is 1. The van der Waals surface area contributed by atoms with Crippen LogP contribution in [0.3, 0.4) is 0 Å². The first kappa shape index (κ1) is 11.0. The third-order valence-corrected chi connectivity index (χ3v) is 2.90. The van der Waals surface area contributed by atoms with Crippen LogP contribution in [0.2, 0.25) is 0 Å². The fourth-order valence-electron chi connectivity index (χ4n) is 1.34. The van der Waals surface area contributed by atoms with Gasteiger partial charge in [-0.3, -0.25) is 0 Å². The highest BCUT2D eigenvalue weighted by Crippen LogP contribution is 2.19. The molecule has 0 spiro atoms. The summed E-state index contributed by atoms with van der Waals surface area (Å²) in [6, 6.07) is 3.78. The molecule has 16 heavy (non-hydrogen) atoms. The summed E-state index contributed by atoms with van der Waals surface area (Å²) in [6.07, 6.45) is 0. The van der Waals surface area contributed by atoms with Gasteiger partial charge >= 0.3 is 0 Å². The van der Waals surface area contributed by atoms with Crippen molar-refractivity contribution in [2.45, 2.75) is 13.5 Å². The van der Waals surface area contributed by atoms with Crippen molar-refractivity contribution in [2.75, 3.05) is 5.32 Å². The van der Waals surface area contributed by atoms with Crippen molar-refractivity contribution in [2.24, 2.45) is 0 Å². The molecule has 0 aliphatic rings. The van der Waals surface area contributed by atoms with Crippen molar-refractivity contribution < 1.29 is 8.78 Å². The maximum Gasteiger partial charge on any atom is 0.149 e. The van der Waals surface area contributed by atoms with E-state index in [2.05, 4.69) is 10.3 Å². The number of para-hydroxylation sites is 1. The maximum absolute atomic E-state index is 13.2. The summed E-state index contributed by atoms with van der Waals surface area (Å²) in [7, 11) is 0. The van der Waals surface area contributed by atoms with E-state index in [4.69, 9.17) is 0 Å². The third kappa shape index (κ3) is 2.36. The molecule has 0 unspecified atom stereocenters. The van der Waals surface area contributed by atoms with Crippen LogP contribution in [0, 0.1) is 18.6 Å². The van der Waals surface area contributed by atoms with Crippen molar-refractivity contribution in [3.8, 4) is 0 Å². The highest BCUT2D eigenvalue weighted by molar-refractivity contribution is 7.09. The molecule has 0 fully saturated rings. The van der Waals surface area contributed by atoms with Crippen LogP contribution in [0.5, 0.6) is 0 Å². The van der Waals surface area contributed by atoms with Gasteiger partial charge in [0, 0.05) is 5.38 Å². The topological polar surface area (TPSA) is 24.9 Å². The van der Waals surface area contributed by atoms with Gasteiger partial charge in [-0.1, -0.05) is 6.07 Å². The molecule has 2 rings (SSSR count). The van der Waals surface area contributed by atoms with Crippen molar-refractivity contribution >= 4 is 17.0 Å². The van der Waals surface area contributed by atoms with Crippen molar-refractivity contribution in [3.05, 3.63) is 45.9 Å². The predicted octanol–water partition coefficient (Wildman–Crippen LogP) is 3.34. The van der Waals surface area contributed by atoms with Gasteiger partial charge in [0.25, 0.3) is 0 Å². The molecule has 1 N–H and O–H groups in total. The first-order chi connectivity index (χ1) is 7.66. The average molecular weight is 240 g/mol. The zero-order valence-corrected chi connectivity index (χ0v) is 9.44. The largest absolute Gasteiger partial charge is 0.375 e. The second kappa shape index (κ2) is 4.57. The molecule has 5 heteroatoms. The van der Waals surface area contributed by atoms with Gasteiger partial charge in [0.2, 0.25) is 0 Å². The van der Waals surface area contributed by atoms with Gasteiger partial charge in [0.05, 0.1) is 17.2 Å². The molecular weight excluding hydrogens is 230 g/mol. The Bertz CT molecular complexity index is 476. The summed E-state index contributed by atoms with van der Waals surface area (Å²) >= 11 is 1.51. The summed E-state index contributed by atoms with van der Waals surface area (Å²) in [4.78, 5) is 4.20. The summed E-state index contributed by atoms with van der Waals surface area (Å²) in [5.41, 5.74) is 0.679. The number of nitrogens with zero attached hydrogens (tertiary/aromatic N) is 1. The number of halogens is 2. The number of nitrogens with one attached hydrogen (secondary N) is 1. The van der Waals surface area contributed by atoms with Crippen LogP contribution in [-0.2, 0) is 6.54 Å². The molecule has 1 aromatic heterocycles. The molecule has 2 nitrogen and oxygen atoms in total. The van der Waals surface area contributed by atoms with E-state index < -0.39 is 11.6 Å². The number of thiazole rings is 1.